The van der Waals surface area contributed by atoms with Crippen LogP contribution in [0, 0.1) is 11.3 Å². The Morgan fingerprint density at radius 2 is 1.88 bits per heavy atom. The Labute approximate surface area is 112 Å². The van der Waals surface area contributed by atoms with E-state index in [-0.39, 0.29) is 0 Å². The predicted octanol–water partition coefficient (Wildman–Crippen LogP) is 2.84. The van der Waals surface area contributed by atoms with Crippen molar-refractivity contribution in [2.45, 2.75) is 38.5 Å². The van der Waals surface area contributed by atoms with Crippen LogP contribution >= 0.6 is 12.6 Å². The van der Waals surface area contributed by atoms with Gasteiger partial charge in [0.1, 0.15) is 0 Å². The number of nitrogens with zero attached hydrogens (tertiary/aromatic N) is 1. The van der Waals surface area contributed by atoms with E-state index in [9.17, 15) is 0 Å². The molecule has 2 rings (SSSR count). The second-order valence-corrected chi connectivity index (χ2v) is 6.36. The lowest BCUT2D eigenvalue weighted by atomic mass is 9.86. The summed E-state index contributed by atoms with van der Waals surface area (Å²) in [7, 11) is 1.82. The zero-order chi connectivity index (χ0) is 12.1. The first-order chi connectivity index (χ1) is 8.28. The molecule has 0 N–H and O–H groups in total. The number of hydrogen-bond donors (Lipinski definition) is 1. The highest BCUT2D eigenvalue weighted by Crippen LogP contribution is 2.40. The number of likely N-dealkylation sites (tertiary alicyclic amines) is 1. The molecule has 1 saturated heterocycles. The average Bonchev–Trinajstić information content (AvgIpc) is 2.81. The molecule has 1 heterocycles. The van der Waals surface area contributed by atoms with Crippen LogP contribution in [0.2, 0.25) is 0 Å². The first-order valence-electron chi connectivity index (χ1n) is 7.10. The average molecular weight is 257 g/mol. The van der Waals surface area contributed by atoms with E-state index < -0.39 is 0 Å². The van der Waals surface area contributed by atoms with Gasteiger partial charge in [0.2, 0.25) is 0 Å². The van der Waals surface area contributed by atoms with E-state index in [2.05, 4.69) is 17.5 Å². The van der Waals surface area contributed by atoms with E-state index in [1.54, 1.807) is 0 Å². The van der Waals surface area contributed by atoms with E-state index in [0.29, 0.717) is 5.41 Å². The van der Waals surface area contributed by atoms with Crippen LogP contribution in [0.1, 0.15) is 38.5 Å². The fourth-order valence-electron chi connectivity index (χ4n) is 3.51. The molecule has 0 radical (unpaired) electrons. The normalized spacial score (nSPS) is 26.5. The minimum Gasteiger partial charge on any atom is -0.384 e. The molecule has 0 unspecified atom stereocenters. The molecular weight excluding hydrogens is 230 g/mol. The zero-order valence-corrected chi connectivity index (χ0v) is 12.1. The topological polar surface area (TPSA) is 12.5 Å². The number of thiol groups is 1. The van der Waals surface area contributed by atoms with Crippen molar-refractivity contribution in [3.05, 3.63) is 0 Å². The number of ether oxygens (including phenoxy) is 1. The molecule has 2 nitrogen and oxygen atoms in total. The number of rotatable bonds is 5. The molecule has 0 bridgehead atoms. The molecule has 17 heavy (non-hydrogen) atoms. The molecule has 0 aromatic heterocycles. The molecule has 1 saturated carbocycles. The van der Waals surface area contributed by atoms with Gasteiger partial charge in [0, 0.05) is 20.3 Å². The lowest BCUT2D eigenvalue weighted by Crippen LogP contribution is -2.42. The van der Waals surface area contributed by atoms with Crippen molar-refractivity contribution in [1.82, 2.24) is 4.90 Å². The van der Waals surface area contributed by atoms with Crippen LogP contribution in [0.5, 0.6) is 0 Å². The van der Waals surface area contributed by atoms with E-state index >= 15 is 0 Å². The number of piperidine rings is 1. The van der Waals surface area contributed by atoms with Crippen LogP contribution in [0.15, 0.2) is 0 Å². The Morgan fingerprint density at radius 1 is 1.24 bits per heavy atom. The summed E-state index contributed by atoms with van der Waals surface area (Å²) >= 11 is 4.61. The van der Waals surface area contributed by atoms with Gasteiger partial charge in [0.25, 0.3) is 0 Å². The van der Waals surface area contributed by atoms with Gasteiger partial charge in [-0.05, 0) is 55.9 Å². The van der Waals surface area contributed by atoms with E-state index in [1.165, 1.54) is 58.2 Å². The third kappa shape index (κ3) is 3.62. The molecule has 0 aromatic rings. The van der Waals surface area contributed by atoms with Gasteiger partial charge >= 0.3 is 0 Å². The summed E-state index contributed by atoms with van der Waals surface area (Å²) in [4.78, 5) is 2.67. The number of hydrogen-bond acceptors (Lipinski definition) is 3. The Balaban J connectivity index is 1.77. The highest BCUT2D eigenvalue weighted by molar-refractivity contribution is 7.80. The zero-order valence-electron chi connectivity index (χ0n) is 11.2. The standard InChI is InChI=1S/C14H27NOS/c1-16-10-13-4-8-15(9-5-13)11-14(12-17)6-2-3-7-14/h13,17H,2-12H2,1H3. The van der Waals surface area contributed by atoms with E-state index in [1.807, 2.05) is 7.11 Å². The molecule has 2 aliphatic rings. The van der Waals surface area contributed by atoms with Crippen molar-refractivity contribution >= 4 is 12.6 Å². The summed E-state index contributed by atoms with van der Waals surface area (Å²) in [5.74, 6) is 1.87. The maximum Gasteiger partial charge on any atom is 0.0491 e. The quantitative estimate of drug-likeness (QED) is 0.760. The minimum absolute atomic E-state index is 0.539. The number of methoxy groups -OCH3 is 1. The van der Waals surface area contributed by atoms with Crippen LogP contribution in [0.4, 0.5) is 0 Å². The summed E-state index contributed by atoms with van der Waals surface area (Å²) in [5, 5.41) is 0. The fraction of sp³-hybridized carbons (Fsp3) is 1.00. The van der Waals surface area contributed by atoms with Gasteiger partial charge in [0.15, 0.2) is 0 Å². The van der Waals surface area contributed by atoms with Crippen LogP contribution in [-0.4, -0.2) is 44.0 Å². The summed E-state index contributed by atoms with van der Waals surface area (Å²) in [6.07, 6.45) is 8.26. The molecule has 100 valence electrons. The Morgan fingerprint density at radius 3 is 2.41 bits per heavy atom. The molecule has 0 aromatic carbocycles. The van der Waals surface area contributed by atoms with Gasteiger partial charge < -0.3 is 9.64 Å². The lowest BCUT2D eigenvalue weighted by molar-refractivity contribution is 0.0798. The third-order valence-corrected chi connectivity index (χ3v) is 5.34. The second kappa shape index (κ2) is 6.44. The smallest absolute Gasteiger partial charge is 0.0491 e. The summed E-state index contributed by atoms with van der Waals surface area (Å²) in [5.41, 5.74) is 0.539. The van der Waals surface area contributed by atoms with Crippen molar-refractivity contribution < 1.29 is 4.74 Å². The van der Waals surface area contributed by atoms with Crippen LogP contribution in [0.3, 0.4) is 0 Å². The Hall–Kier alpha value is 0.270. The monoisotopic (exact) mass is 257 g/mol. The van der Waals surface area contributed by atoms with Crippen molar-refractivity contribution in [1.29, 1.82) is 0 Å². The Bertz CT molecular complexity index is 220. The fourth-order valence-corrected chi connectivity index (χ4v) is 3.93. The molecule has 0 amide bonds. The molecule has 1 aliphatic carbocycles. The third-order valence-electron chi connectivity index (χ3n) is 4.67. The SMILES string of the molecule is COCC1CCN(CC2(CS)CCCC2)CC1. The minimum atomic E-state index is 0.539. The molecule has 0 spiro atoms. The van der Waals surface area contributed by atoms with Gasteiger partial charge in [-0.15, -0.1) is 0 Å². The van der Waals surface area contributed by atoms with E-state index in [4.69, 9.17) is 4.74 Å². The lowest BCUT2D eigenvalue weighted by Gasteiger charge is -2.38. The first-order valence-corrected chi connectivity index (χ1v) is 7.73. The van der Waals surface area contributed by atoms with Gasteiger partial charge in [-0.25, -0.2) is 0 Å². The van der Waals surface area contributed by atoms with Crippen molar-refractivity contribution in [2.24, 2.45) is 11.3 Å². The van der Waals surface area contributed by atoms with Crippen molar-refractivity contribution in [3.8, 4) is 0 Å². The van der Waals surface area contributed by atoms with Gasteiger partial charge in [0.05, 0.1) is 0 Å². The maximum atomic E-state index is 5.26. The molecule has 1 aliphatic heterocycles. The molecular formula is C14H27NOS. The Kier molecular flexibility index (Phi) is 5.19. The molecule has 2 fully saturated rings. The van der Waals surface area contributed by atoms with Gasteiger partial charge in [-0.3, -0.25) is 0 Å². The largest absolute Gasteiger partial charge is 0.384 e. The van der Waals surface area contributed by atoms with Crippen LogP contribution in [0.25, 0.3) is 0 Å². The van der Waals surface area contributed by atoms with Gasteiger partial charge in [-0.1, -0.05) is 12.8 Å². The second-order valence-electron chi connectivity index (χ2n) is 6.04. The molecule has 0 atom stereocenters. The van der Waals surface area contributed by atoms with Crippen LogP contribution < -0.4 is 0 Å². The van der Waals surface area contributed by atoms with Crippen molar-refractivity contribution in [3.63, 3.8) is 0 Å². The van der Waals surface area contributed by atoms with Gasteiger partial charge in [-0.2, -0.15) is 12.6 Å². The summed E-state index contributed by atoms with van der Waals surface area (Å²) in [6, 6.07) is 0. The predicted molar refractivity (Wildman–Crippen MR) is 75.8 cm³/mol. The molecule has 3 heteroatoms. The summed E-state index contributed by atoms with van der Waals surface area (Å²) < 4.78 is 5.26. The maximum absolute atomic E-state index is 5.26. The highest BCUT2D eigenvalue weighted by atomic mass is 32.1. The van der Waals surface area contributed by atoms with E-state index in [0.717, 1.165) is 18.3 Å². The first kappa shape index (κ1) is 13.7. The van der Waals surface area contributed by atoms with Crippen LogP contribution in [-0.2, 0) is 4.74 Å². The summed E-state index contributed by atoms with van der Waals surface area (Å²) in [6.45, 7) is 4.77. The highest BCUT2D eigenvalue weighted by Gasteiger charge is 2.35. The van der Waals surface area contributed by atoms with Crippen molar-refractivity contribution in [2.75, 3.05) is 39.1 Å².